The maximum atomic E-state index is 12.1. The van der Waals surface area contributed by atoms with Crippen molar-refractivity contribution >= 4 is 23.8 Å². The number of nitrogens with one attached hydrogen (secondary N) is 2. The van der Waals surface area contributed by atoms with E-state index in [1.807, 2.05) is 0 Å². The first-order chi connectivity index (χ1) is 13.5. The fourth-order valence-corrected chi connectivity index (χ4v) is 3.56. The zero-order valence-corrected chi connectivity index (χ0v) is 15.6. The number of hydrogen-bond acceptors (Lipinski definition) is 6. The smallest absolute Gasteiger partial charge is 0.321 e. The van der Waals surface area contributed by atoms with Gasteiger partial charge in [0, 0.05) is 19.0 Å². The molecule has 1 saturated heterocycles. The summed E-state index contributed by atoms with van der Waals surface area (Å²) in [5.41, 5.74) is 0. The quantitative estimate of drug-likeness (QED) is 0.707. The Labute approximate surface area is 162 Å². The van der Waals surface area contributed by atoms with Gasteiger partial charge in [0.15, 0.2) is 6.61 Å². The predicted molar refractivity (Wildman–Crippen MR) is 96.7 cm³/mol. The summed E-state index contributed by atoms with van der Waals surface area (Å²) in [4.78, 5) is 49.3. The molecule has 4 amide bonds. The van der Waals surface area contributed by atoms with Crippen molar-refractivity contribution in [3.8, 4) is 0 Å². The second kappa shape index (κ2) is 9.38. The number of hydrogen-bond donors (Lipinski definition) is 2. The zero-order chi connectivity index (χ0) is 19.9. The van der Waals surface area contributed by atoms with E-state index in [9.17, 15) is 19.2 Å². The van der Waals surface area contributed by atoms with Gasteiger partial charge in [-0.1, -0.05) is 19.3 Å². The number of ether oxygens (including phenoxy) is 1. The van der Waals surface area contributed by atoms with Crippen molar-refractivity contribution in [2.45, 2.75) is 51.1 Å². The summed E-state index contributed by atoms with van der Waals surface area (Å²) in [5, 5.41) is 4.92. The number of carbonyl (C=O) groups excluding carboxylic acids is 4. The average molecular weight is 391 g/mol. The Hall–Kier alpha value is -2.84. The molecule has 0 bridgehead atoms. The molecule has 0 radical (unpaired) electrons. The molecule has 1 aliphatic heterocycles. The number of likely N-dealkylation sites (tertiary alicyclic amines) is 1. The molecule has 1 aliphatic carbocycles. The van der Waals surface area contributed by atoms with Crippen molar-refractivity contribution in [1.82, 2.24) is 15.5 Å². The second-order valence-electron chi connectivity index (χ2n) is 7.22. The number of esters is 1. The Morgan fingerprint density at radius 2 is 2.00 bits per heavy atom. The van der Waals surface area contributed by atoms with Gasteiger partial charge in [0.05, 0.1) is 18.7 Å². The third-order valence-corrected chi connectivity index (χ3v) is 5.01. The molecule has 9 nitrogen and oxygen atoms in total. The minimum Gasteiger partial charge on any atom is -0.467 e. The summed E-state index contributed by atoms with van der Waals surface area (Å²) in [5.74, 6) is -1.50. The predicted octanol–water partition coefficient (Wildman–Crippen LogP) is 1.33. The molecule has 28 heavy (non-hydrogen) atoms. The van der Waals surface area contributed by atoms with Crippen molar-refractivity contribution < 1.29 is 28.3 Å². The summed E-state index contributed by atoms with van der Waals surface area (Å²) < 4.78 is 10.2. The second-order valence-corrected chi connectivity index (χ2v) is 7.22. The van der Waals surface area contributed by atoms with E-state index in [4.69, 9.17) is 9.15 Å². The number of imide groups is 1. The number of nitrogens with zero attached hydrogens (tertiary/aromatic N) is 1. The zero-order valence-electron chi connectivity index (χ0n) is 15.6. The van der Waals surface area contributed by atoms with Crippen LogP contribution in [0.15, 0.2) is 22.8 Å². The van der Waals surface area contributed by atoms with Crippen LogP contribution in [0.2, 0.25) is 0 Å². The van der Waals surface area contributed by atoms with Crippen LogP contribution in [0, 0.1) is 5.92 Å². The number of furan rings is 1. The first-order valence-electron chi connectivity index (χ1n) is 9.58. The van der Waals surface area contributed by atoms with Crippen LogP contribution in [0.4, 0.5) is 4.79 Å². The van der Waals surface area contributed by atoms with E-state index in [2.05, 4.69) is 10.6 Å². The van der Waals surface area contributed by atoms with Gasteiger partial charge in [-0.25, -0.2) is 4.79 Å². The highest BCUT2D eigenvalue weighted by molar-refractivity contribution is 5.96. The fourth-order valence-electron chi connectivity index (χ4n) is 3.56. The van der Waals surface area contributed by atoms with E-state index in [0.29, 0.717) is 5.76 Å². The number of carbonyl (C=O) groups is 4. The number of rotatable bonds is 6. The van der Waals surface area contributed by atoms with Crippen molar-refractivity contribution in [1.29, 1.82) is 0 Å². The molecular formula is C19H25N3O6. The van der Waals surface area contributed by atoms with E-state index >= 15 is 0 Å². The van der Waals surface area contributed by atoms with Crippen LogP contribution in [0.5, 0.6) is 0 Å². The van der Waals surface area contributed by atoms with Gasteiger partial charge in [-0.2, -0.15) is 0 Å². The molecule has 152 valence electrons. The molecule has 2 N–H and O–H groups in total. The Morgan fingerprint density at radius 3 is 2.71 bits per heavy atom. The molecule has 0 spiro atoms. The van der Waals surface area contributed by atoms with Crippen molar-refractivity contribution in [2.75, 3.05) is 13.2 Å². The summed E-state index contributed by atoms with van der Waals surface area (Å²) in [6.07, 6.45) is 6.65. The summed E-state index contributed by atoms with van der Waals surface area (Å²) >= 11 is 0. The standard InChI is InChI=1S/C19H25N3O6/c23-16(21-19(26)20-14-5-2-1-3-6-14)12-28-18(25)13-9-17(24)22(10-13)11-15-7-4-8-27-15/h4,7-8,13-14H,1-3,5-6,9-12H2,(H2,20,21,23,26)/t13-/m1/s1. The highest BCUT2D eigenvalue weighted by Crippen LogP contribution is 2.21. The van der Waals surface area contributed by atoms with Gasteiger partial charge in [0.25, 0.3) is 5.91 Å². The highest BCUT2D eigenvalue weighted by atomic mass is 16.5. The summed E-state index contributed by atoms with van der Waals surface area (Å²) in [6.45, 7) is -0.0562. The van der Waals surface area contributed by atoms with E-state index in [1.165, 1.54) is 11.2 Å². The monoisotopic (exact) mass is 391 g/mol. The molecule has 2 fully saturated rings. The van der Waals surface area contributed by atoms with Crippen molar-refractivity contribution in [3.05, 3.63) is 24.2 Å². The molecule has 0 unspecified atom stereocenters. The van der Waals surface area contributed by atoms with Gasteiger partial charge in [-0.15, -0.1) is 0 Å². The molecule has 1 aromatic rings. The van der Waals surface area contributed by atoms with Crippen LogP contribution in [-0.4, -0.2) is 47.9 Å². The van der Waals surface area contributed by atoms with Gasteiger partial charge in [-0.05, 0) is 25.0 Å². The van der Waals surface area contributed by atoms with Gasteiger partial charge in [0.2, 0.25) is 5.91 Å². The highest BCUT2D eigenvalue weighted by Gasteiger charge is 2.36. The molecule has 1 atom stereocenters. The molecule has 9 heteroatoms. The van der Waals surface area contributed by atoms with E-state index < -0.39 is 30.4 Å². The van der Waals surface area contributed by atoms with E-state index in [-0.39, 0.29) is 31.5 Å². The Morgan fingerprint density at radius 1 is 1.21 bits per heavy atom. The third kappa shape index (κ3) is 5.58. The SMILES string of the molecule is O=C(COC(=O)[C@@H]1CC(=O)N(Cc2ccco2)C1)NC(=O)NC1CCCCC1. The lowest BCUT2D eigenvalue weighted by Gasteiger charge is -2.22. The maximum absolute atomic E-state index is 12.1. The van der Waals surface area contributed by atoms with Crippen LogP contribution < -0.4 is 10.6 Å². The van der Waals surface area contributed by atoms with Crippen LogP contribution in [0.25, 0.3) is 0 Å². The minimum absolute atomic E-state index is 0.0311. The van der Waals surface area contributed by atoms with Crippen LogP contribution in [-0.2, 0) is 25.7 Å². The minimum atomic E-state index is -0.696. The molecule has 3 rings (SSSR count). The van der Waals surface area contributed by atoms with E-state index in [0.717, 1.165) is 32.1 Å². The van der Waals surface area contributed by atoms with E-state index in [1.54, 1.807) is 12.1 Å². The number of amides is 4. The first kappa shape index (κ1) is 19.9. The van der Waals surface area contributed by atoms with Crippen LogP contribution in [0.3, 0.4) is 0 Å². The molecule has 1 saturated carbocycles. The molecular weight excluding hydrogens is 366 g/mol. The van der Waals surface area contributed by atoms with Crippen LogP contribution >= 0.6 is 0 Å². The van der Waals surface area contributed by atoms with Gasteiger partial charge >= 0.3 is 12.0 Å². The Kier molecular flexibility index (Phi) is 6.67. The van der Waals surface area contributed by atoms with Gasteiger partial charge in [0.1, 0.15) is 5.76 Å². The molecule has 0 aromatic carbocycles. The molecule has 2 heterocycles. The lowest BCUT2D eigenvalue weighted by atomic mass is 9.96. The lowest BCUT2D eigenvalue weighted by Crippen LogP contribution is -2.46. The number of urea groups is 1. The van der Waals surface area contributed by atoms with Gasteiger partial charge < -0.3 is 19.4 Å². The maximum Gasteiger partial charge on any atom is 0.321 e. The normalized spacial score (nSPS) is 20.1. The largest absolute Gasteiger partial charge is 0.467 e. The summed E-state index contributed by atoms with van der Waals surface area (Å²) in [7, 11) is 0. The fraction of sp³-hybridized carbons (Fsp3) is 0.579. The third-order valence-electron chi connectivity index (χ3n) is 5.01. The Balaban J connectivity index is 1.37. The molecule has 2 aliphatic rings. The summed E-state index contributed by atoms with van der Waals surface area (Å²) in [6, 6.07) is 2.98. The Bertz CT molecular complexity index is 711. The lowest BCUT2D eigenvalue weighted by molar-refractivity contribution is -0.152. The molecule has 1 aromatic heterocycles. The first-order valence-corrected chi connectivity index (χ1v) is 9.58. The van der Waals surface area contributed by atoms with Crippen molar-refractivity contribution in [2.24, 2.45) is 5.92 Å². The van der Waals surface area contributed by atoms with Crippen LogP contribution in [0.1, 0.15) is 44.3 Å². The van der Waals surface area contributed by atoms with Crippen molar-refractivity contribution in [3.63, 3.8) is 0 Å². The van der Waals surface area contributed by atoms with Gasteiger partial charge in [-0.3, -0.25) is 19.7 Å². The topological polar surface area (TPSA) is 118 Å². The average Bonchev–Trinajstić information content (AvgIpc) is 3.31.